The van der Waals surface area contributed by atoms with Gasteiger partial charge in [0.25, 0.3) is 21.8 Å². The number of nitrogens with zero attached hydrogens (tertiary/aromatic N) is 1. The monoisotopic (exact) mass is 612 g/mol. The van der Waals surface area contributed by atoms with Crippen LogP contribution in [-0.2, 0) is 14.8 Å². The molecule has 0 saturated carbocycles. The van der Waals surface area contributed by atoms with Crippen molar-refractivity contribution in [3.63, 3.8) is 0 Å². The van der Waals surface area contributed by atoms with Crippen molar-refractivity contribution in [2.45, 2.75) is 4.90 Å². The van der Waals surface area contributed by atoms with Crippen LogP contribution in [0.25, 0.3) is 6.08 Å². The SMILES string of the molecule is COc1ccc(C(=O)N/C(=C\c2ccc(Br)cc2)C(=O)Nc2ccc(S(=O)(=O)Nc3nccs3)cc2)cc1. The van der Waals surface area contributed by atoms with Crippen molar-refractivity contribution in [3.8, 4) is 5.75 Å². The summed E-state index contributed by atoms with van der Waals surface area (Å²) in [6, 6.07) is 19.3. The summed E-state index contributed by atoms with van der Waals surface area (Å²) in [4.78, 5) is 30.0. The number of hydrogen-bond donors (Lipinski definition) is 3. The maximum Gasteiger partial charge on any atom is 0.272 e. The number of methoxy groups -OCH3 is 1. The third kappa shape index (κ3) is 7.06. The molecule has 38 heavy (non-hydrogen) atoms. The van der Waals surface area contributed by atoms with E-state index in [4.69, 9.17) is 4.74 Å². The second-order valence-corrected chi connectivity index (χ2v) is 11.2. The molecule has 194 valence electrons. The molecule has 4 rings (SSSR count). The van der Waals surface area contributed by atoms with Gasteiger partial charge in [0.2, 0.25) is 0 Å². The molecule has 0 unspecified atom stereocenters. The highest BCUT2D eigenvalue weighted by Gasteiger charge is 2.18. The number of amides is 2. The highest BCUT2D eigenvalue weighted by atomic mass is 79.9. The lowest BCUT2D eigenvalue weighted by atomic mass is 10.1. The van der Waals surface area contributed by atoms with Crippen molar-refractivity contribution in [1.82, 2.24) is 10.3 Å². The van der Waals surface area contributed by atoms with Crippen LogP contribution in [0, 0.1) is 0 Å². The molecule has 0 atom stereocenters. The van der Waals surface area contributed by atoms with Crippen LogP contribution in [0.15, 0.2) is 99.4 Å². The molecule has 2 amide bonds. The minimum absolute atomic E-state index is 0.00383. The Kier molecular flexibility index (Phi) is 8.56. The lowest BCUT2D eigenvalue weighted by Crippen LogP contribution is -2.30. The second kappa shape index (κ2) is 12.0. The Labute approximate surface area is 231 Å². The smallest absolute Gasteiger partial charge is 0.272 e. The summed E-state index contributed by atoms with van der Waals surface area (Å²) in [5.74, 6) is -0.482. The van der Waals surface area contributed by atoms with Crippen LogP contribution in [0.1, 0.15) is 15.9 Å². The molecule has 0 aliphatic rings. The number of rotatable bonds is 9. The summed E-state index contributed by atoms with van der Waals surface area (Å²) in [5.41, 5.74) is 1.35. The van der Waals surface area contributed by atoms with E-state index in [2.05, 4.69) is 36.3 Å². The molecule has 0 fully saturated rings. The second-order valence-electron chi connectivity index (χ2n) is 7.71. The normalized spacial score (nSPS) is 11.5. The Hall–Kier alpha value is -4.00. The molecule has 3 aromatic carbocycles. The third-order valence-corrected chi connectivity index (χ3v) is 7.80. The Morgan fingerprint density at radius 1 is 0.974 bits per heavy atom. The van der Waals surface area contributed by atoms with Crippen LogP contribution in [0.2, 0.25) is 0 Å². The van der Waals surface area contributed by atoms with Crippen molar-refractivity contribution in [1.29, 1.82) is 0 Å². The molecule has 0 bridgehead atoms. The predicted octanol–water partition coefficient (Wildman–Crippen LogP) is 5.12. The quantitative estimate of drug-likeness (QED) is 0.225. The van der Waals surface area contributed by atoms with Crippen molar-refractivity contribution in [2.75, 3.05) is 17.1 Å². The Balaban J connectivity index is 1.53. The highest BCUT2D eigenvalue weighted by molar-refractivity contribution is 9.10. The van der Waals surface area contributed by atoms with E-state index in [0.29, 0.717) is 22.6 Å². The van der Waals surface area contributed by atoms with Gasteiger partial charge in [0.05, 0.1) is 12.0 Å². The molecule has 3 N–H and O–H groups in total. The van der Waals surface area contributed by atoms with Crippen LogP contribution >= 0.6 is 27.3 Å². The van der Waals surface area contributed by atoms with Crippen LogP contribution < -0.4 is 20.1 Å². The number of anilines is 2. The van der Waals surface area contributed by atoms with E-state index in [0.717, 1.165) is 15.8 Å². The molecule has 0 aliphatic carbocycles. The Morgan fingerprint density at radius 2 is 1.66 bits per heavy atom. The number of halogens is 1. The highest BCUT2D eigenvalue weighted by Crippen LogP contribution is 2.20. The minimum Gasteiger partial charge on any atom is -0.497 e. The van der Waals surface area contributed by atoms with E-state index < -0.39 is 21.8 Å². The molecule has 9 nitrogen and oxygen atoms in total. The molecule has 0 saturated heterocycles. The van der Waals surface area contributed by atoms with Gasteiger partial charge in [-0.1, -0.05) is 28.1 Å². The first-order valence-electron chi connectivity index (χ1n) is 11.0. The van der Waals surface area contributed by atoms with Gasteiger partial charge in [-0.15, -0.1) is 11.3 Å². The summed E-state index contributed by atoms with van der Waals surface area (Å²) in [5, 5.41) is 7.26. The van der Waals surface area contributed by atoms with Crippen LogP contribution in [0.4, 0.5) is 10.8 Å². The molecule has 0 spiro atoms. The van der Waals surface area contributed by atoms with Crippen molar-refractivity contribution < 1.29 is 22.7 Å². The minimum atomic E-state index is -3.84. The number of sulfonamides is 1. The number of nitrogens with one attached hydrogen (secondary N) is 3. The fraction of sp³-hybridized carbons (Fsp3) is 0.0385. The first kappa shape index (κ1) is 27.0. The standard InChI is InChI=1S/C26H21BrN4O5S2/c1-36-21-10-4-18(5-11-21)24(32)30-23(16-17-2-6-19(27)7-3-17)25(33)29-20-8-12-22(13-9-20)38(34,35)31-26-28-14-15-37-26/h2-16H,1H3,(H,28,31)(H,29,33)(H,30,32)/b23-16-. The number of aromatic nitrogens is 1. The summed E-state index contributed by atoms with van der Waals surface area (Å²) >= 11 is 4.53. The largest absolute Gasteiger partial charge is 0.497 e. The van der Waals surface area contributed by atoms with Gasteiger partial charge in [-0.05, 0) is 72.3 Å². The maximum absolute atomic E-state index is 13.2. The molecular weight excluding hydrogens is 592 g/mol. The average Bonchev–Trinajstić information content (AvgIpc) is 3.42. The van der Waals surface area contributed by atoms with Crippen LogP contribution in [-0.4, -0.2) is 32.3 Å². The first-order valence-corrected chi connectivity index (χ1v) is 14.2. The fourth-order valence-corrected chi connectivity index (χ4v) is 5.24. The molecule has 12 heteroatoms. The number of benzene rings is 3. The number of ether oxygens (including phenoxy) is 1. The lowest BCUT2D eigenvalue weighted by molar-refractivity contribution is -0.113. The fourth-order valence-electron chi connectivity index (χ4n) is 3.18. The van der Waals surface area contributed by atoms with E-state index in [9.17, 15) is 18.0 Å². The third-order valence-electron chi connectivity index (χ3n) is 5.10. The summed E-state index contributed by atoms with van der Waals surface area (Å²) in [7, 11) is -2.31. The maximum atomic E-state index is 13.2. The summed E-state index contributed by atoms with van der Waals surface area (Å²) in [6.45, 7) is 0. The van der Waals surface area contributed by atoms with Gasteiger partial charge in [-0.2, -0.15) is 0 Å². The molecular formula is C26H21BrN4O5S2. The summed E-state index contributed by atoms with van der Waals surface area (Å²) < 4.78 is 33.5. The molecule has 0 radical (unpaired) electrons. The number of carbonyl (C=O) groups excluding carboxylic acids is 2. The zero-order chi connectivity index (χ0) is 27.1. The number of hydrogen-bond acceptors (Lipinski definition) is 7. The van der Waals surface area contributed by atoms with Gasteiger partial charge in [-0.3, -0.25) is 14.3 Å². The van der Waals surface area contributed by atoms with Gasteiger partial charge >= 0.3 is 0 Å². The van der Waals surface area contributed by atoms with Gasteiger partial charge in [0.1, 0.15) is 11.4 Å². The van der Waals surface area contributed by atoms with Crippen molar-refractivity contribution in [2.24, 2.45) is 0 Å². The van der Waals surface area contributed by atoms with Gasteiger partial charge < -0.3 is 15.4 Å². The van der Waals surface area contributed by atoms with Gasteiger partial charge in [-0.25, -0.2) is 13.4 Å². The Bertz CT molecular complexity index is 1550. The molecule has 0 aliphatic heterocycles. The van der Waals surface area contributed by atoms with Gasteiger partial charge in [0.15, 0.2) is 5.13 Å². The lowest BCUT2D eigenvalue weighted by Gasteiger charge is -2.12. The van der Waals surface area contributed by atoms with E-state index in [1.54, 1.807) is 47.9 Å². The average molecular weight is 614 g/mol. The predicted molar refractivity (Wildman–Crippen MR) is 151 cm³/mol. The number of thiazole rings is 1. The zero-order valence-corrected chi connectivity index (χ0v) is 23.1. The van der Waals surface area contributed by atoms with E-state index >= 15 is 0 Å². The van der Waals surface area contributed by atoms with E-state index in [1.165, 1.54) is 37.6 Å². The van der Waals surface area contributed by atoms with Crippen molar-refractivity contribution >= 4 is 66.0 Å². The molecule has 1 aromatic heterocycles. The van der Waals surface area contributed by atoms with Crippen LogP contribution in [0.5, 0.6) is 5.75 Å². The summed E-state index contributed by atoms with van der Waals surface area (Å²) in [6.07, 6.45) is 3.04. The van der Waals surface area contributed by atoms with E-state index in [-0.39, 0.29) is 15.7 Å². The van der Waals surface area contributed by atoms with Crippen LogP contribution in [0.3, 0.4) is 0 Å². The Morgan fingerprint density at radius 3 is 2.26 bits per heavy atom. The molecule has 4 aromatic rings. The van der Waals surface area contributed by atoms with E-state index in [1.807, 2.05) is 12.1 Å². The molecule has 1 heterocycles. The van der Waals surface area contributed by atoms with Crippen molar-refractivity contribution in [3.05, 3.63) is 106 Å². The number of carbonyl (C=O) groups is 2. The first-order chi connectivity index (χ1) is 18.2. The zero-order valence-electron chi connectivity index (χ0n) is 19.8. The topological polar surface area (TPSA) is 126 Å². The van der Waals surface area contributed by atoms with Gasteiger partial charge in [0, 0.05) is 27.3 Å².